The number of Topliss-reactive ketones (excluding diaryl/α,β-unsaturated/α-hetero) is 1. The van der Waals surface area contributed by atoms with Gasteiger partial charge in [0, 0.05) is 31.9 Å². The number of pyridine rings is 1. The lowest BCUT2D eigenvalue weighted by Crippen LogP contribution is -2.37. The topological polar surface area (TPSA) is 87.9 Å². The van der Waals surface area contributed by atoms with Crippen LogP contribution in [-0.4, -0.2) is 65.4 Å². The average Bonchev–Trinajstić information content (AvgIpc) is 3.53. The number of piperidine rings is 1. The summed E-state index contributed by atoms with van der Waals surface area (Å²) in [5, 5.41) is 0.139. The number of sulfonamides is 1. The minimum Gasteiger partial charge on any atom is -0.305 e. The van der Waals surface area contributed by atoms with Crippen LogP contribution in [0.2, 0.25) is 0 Å². The van der Waals surface area contributed by atoms with Crippen molar-refractivity contribution in [3.63, 3.8) is 0 Å². The molecule has 1 aliphatic heterocycles. The molecule has 4 heterocycles. The van der Waals surface area contributed by atoms with Gasteiger partial charge in [0.2, 0.25) is 10.0 Å². The number of fused-ring (bicyclic) bond motifs is 1. The Bertz CT molecular complexity index is 1710. The van der Waals surface area contributed by atoms with Gasteiger partial charge in [-0.1, -0.05) is 24.3 Å². The zero-order chi connectivity index (χ0) is 29.7. The standard InChI is InChI=1S/C27H27F4N5O3S2/c1-4-20-25(36-15-18(7-10-21(36)32-20)16-11-13-35(14-12-16)41(3,38)39)34(2)26-33-22(17-5-8-19(28)9-6-17)23(40-26)24(37)27(29,30)31/h5-10,15-16H,4,11-14H2,1-3H3. The van der Waals surface area contributed by atoms with Crippen molar-refractivity contribution in [2.45, 2.75) is 38.3 Å². The first-order valence-corrected chi connectivity index (χ1v) is 15.5. The summed E-state index contributed by atoms with van der Waals surface area (Å²) >= 11 is 0.610. The van der Waals surface area contributed by atoms with Gasteiger partial charge in [-0.05, 0) is 61.1 Å². The number of thiazole rings is 1. The van der Waals surface area contributed by atoms with Crippen LogP contribution in [0.25, 0.3) is 16.9 Å². The van der Waals surface area contributed by atoms with E-state index in [1.165, 1.54) is 22.7 Å². The maximum atomic E-state index is 13.5. The lowest BCUT2D eigenvalue weighted by Gasteiger charge is -2.30. The SMILES string of the molecule is CCc1nc2ccc(C3CCN(S(C)(=O)=O)CC3)cn2c1N(C)c1nc(-c2ccc(F)cc2)c(C(=O)C(F)(F)F)s1. The first-order chi connectivity index (χ1) is 19.3. The van der Waals surface area contributed by atoms with E-state index in [1.54, 1.807) is 11.9 Å². The second-order valence-electron chi connectivity index (χ2n) is 9.93. The summed E-state index contributed by atoms with van der Waals surface area (Å²) in [7, 11) is -1.61. The Labute approximate surface area is 238 Å². The van der Waals surface area contributed by atoms with Crippen LogP contribution in [0.15, 0.2) is 42.6 Å². The molecule has 0 radical (unpaired) electrons. The summed E-state index contributed by atoms with van der Waals surface area (Å²) in [6.07, 6.45) is -0.174. The largest absolute Gasteiger partial charge is 0.455 e. The first-order valence-electron chi connectivity index (χ1n) is 12.9. The quantitative estimate of drug-likeness (QED) is 0.194. The molecule has 0 spiro atoms. The van der Waals surface area contributed by atoms with Gasteiger partial charge in [0.25, 0.3) is 5.78 Å². The Morgan fingerprint density at radius 1 is 1.10 bits per heavy atom. The van der Waals surface area contributed by atoms with Crippen LogP contribution < -0.4 is 4.90 Å². The van der Waals surface area contributed by atoms with Crippen LogP contribution in [0, 0.1) is 5.82 Å². The number of imidazole rings is 1. The Balaban J connectivity index is 1.56. The van der Waals surface area contributed by atoms with Gasteiger partial charge in [-0.2, -0.15) is 13.2 Å². The molecule has 5 rings (SSSR count). The van der Waals surface area contributed by atoms with E-state index in [9.17, 15) is 30.8 Å². The highest BCUT2D eigenvalue weighted by Gasteiger charge is 2.42. The van der Waals surface area contributed by atoms with Gasteiger partial charge in [0.1, 0.15) is 22.2 Å². The number of hydrogen-bond donors (Lipinski definition) is 0. The van der Waals surface area contributed by atoms with Crippen molar-refractivity contribution in [2.24, 2.45) is 0 Å². The Morgan fingerprint density at radius 2 is 1.76 bits per heavy atom. The van der Waals surface area contributed by atoms with Crippen molar-refractivity contribution in [3.8, 4) is 11.3 Å². The van der Waals surface area contributed by atoms with Crippen LogP contribution in [0.3, 0.4) is 0 Å². The van der Waals surface area contributed by atoms with Crippen LogP contribution in [0.4, 0.5) is 28.5 Å². The van der Waals surface area contributed by atoms with Gasteiger partial charge in [-0.15, -0.1) is 0 Å². The van der Waals surface area contributed by atoms with E-state index in [4.69, 9.17) is 4.98 Å². The van der Waals surface area contributed by atoms with Crippen molar-refractivity contribution in [1.82, 2.24) is 18.7 Å². The van der Waals surface area contributed by atoms with Crippen molar-refractivity contribution < 1.29 is 30.8 Å². The van der Waals surface area contributed by atoms with E-state index in [0.717, 1.165) is 17.7 Å². The van der Waals surface area contributed by atoms with E-state index in [0.29, 0.717) is 60.8 Å². The molecule has 8 nitrogen and oxygen atoms in total. The van der Waals surface area contributed by atoms with Crippen molar-refractivity contribution in [3.05, 3.63) is 64.5 Å². The number of carbonyl (C=O) groups excluding carboxylic acids is 1. The molecule has 1 aromatic carbocycles. The highest BCUT2D eigenvalue weighted by atomic mass is 32.2. The molecule has 0 aliphatic carbocycles. The smallest absolute Gasteiger partial charge is 0.305 e. The fourth-order valence-electron chi connectivity index (χ4n) is 5.08. The zero-order valence-electron chi connectivity index (χ0n) is 22.4. The number of nitrogens with zero attached hydrogens (tertiary/aromatic N) is 5. The van der Waals surface area contributed by atoms with Gasteiger partial charge in [-0.25, -0.2) is 27.1 Å². The maximum absolute atomic E-state index is 13.5. The molecule has 0 saturated carbocycles. The lowest BCUT2D eigenvalue weighted by atomic mass is 9.91. The molecular weight excluding hydrogens is 582 g/mol. The number of hydrogen-bond acceptors (Lipinski definition) is 7. The fraction of sp³-hybridized carbons (Fsp3) is 0.370. The normalized spacial score (nSPS) is 15.5. The van der Waals surface area contributed by atoms with Crippen molar-refractivity contribution in [1.29, 1.82) is 0 Å². The van der Waals surface area contributed by atoms with Gasteiger partial charge < -0.3 is 4.90 Å². The third kappa shape index (κ3) is 5.72. The molecule has 0 atom stereocenters. The van der Waals surface area contributed by atoms with Crippen molar-refractivity contribution >= 4 is 43.7 Å². The molecule has 41 heavy (non-hydrogen) atoms. The predicted molar refractivity (Wildman–Crippen MR) is 149 cm³/mol. The fourth-order valence-corrected chi connectivity index (χ4v) is 6.97. The number of ketones is 1. The molecule has 0 amide bonds. The van der Waals surface area contributed by atoms with E-state index >= 15 is 0 Å². The Hall–Kier alpha value is -3.36. The summed E-state index contributed by atoms with van der Waals surface area (Å²) in [6, 6.07) is 8.59. The molecule has 0 bridgehead atoms. The number of rotatable bonds is 7. The van der Waals surface area contributed by atoms with E-state index in [1.807, 2.05) is 29.7 Å². The number of aryl methyl sites for hydroxylation is 1. The van der Waals surface area contributed by atoms with Crippen molar-refractivity contribution in [2.75, 3.05) is 31.3 Å². The van der Waals surface area contributed by atoms with E-state index < -0.39 is 32.7 Å². The molecule has 4 aromatic rings. The third-order valence-corrected chi connectivity index (χ3v) is 9.65. The summed E-state index contributed by atoms with van der Waals surface area (Å²) in [5.41, 5.74) is 2.30. The predicted octanol–water partition coefficient (Wildman–Crippen LogP) is 5.81. The number of carbonyl (C=O) groups is 1. The third-order valence-electron chi connectivity index (χ3n) is 7.22. The van der Waals surface area contributed by atoms with Crippen LogP contribution in [0.5, 0.6) is 0 Å². The summed E-state index contributed by atoms with van der Waals surface area (Å²) in [5.74, 6) is -1.89. The van der Waals surface area contributed by atoms with Gasteiger partial charge in [-0.3, -0.25) is 9.20 Å². The molecule has 14 heteroatoms. The monoisotopic (exact) mass is 609 g/mol. The van der Waals surface area contributed by atoms with Crippen LogP contribution >= 0.6 is 11.3 Å². The second-order valence-corrected chi connectivity index (χ2v) is 12.9. The van der Waals surface area contributed by atoms with Crippen LogP contribution in [0.1, 0.15) is 46.6 Å². The first kappa shape index (κ1) is 29.1. The molecule has 0 unspecified atom stereocenters. The van der Waals surface area contributed by atoms with Gasteiger partial charge in [0.05, 0.1) is 17.6 Å². The zero-order valence-corrected chi connectivity index (χ0v) is 24.1. The number of anilines is 2. The molecule has 0 N–H and O–H groups in total. The number of halogens is 4. The summed E-state index contributed by atoms with van der Waals surface area (Å²) in [6.45, 7) is 2.74. The highest BCUT2D eigenvalue weighted by molar-refractivity contribution is 7.88. The molecule has 1 aliphatic rings. The van der Waals surface area contributed by atoms with Gasteiger partial charge >= 0.3 is 6.18 Å². The average molecular weight is 610 g/mol. The van der Waals surface area contributed by atoms with Crippen LogP contribution in [-0.2, 0) is 16.4 Å². The number of benzene rings is 1. The Kier molecular flexibility index (Phi) is 7.68. The molecule has 3 aromatic heterocycles. The number of aromatic nitrogens is 3. The molecule has 1 saturated heterocycles. The lowest BCUT2D eigenvalue weighted by molar-refractivity contribution is -0.0882. The highest BCUT2D eigenvalue weighted by Crippen LogP contribution is 2.40. The second kappa shape index (κ2) is 10.8. The van der Waals surface area contributed by atoms with E-state index in [-0.39, 0.29) is 22.3 Å². The number of alkyl halides is 3. The maximum Gasteiger partial charge on any atom is 0.455 e. The minimum absolute atomic E-state index is 0.115. The van der Waals surface area contributed by atoms with E-state index in [2.05, 4.69) is 4.98 Å². The Morgan fingerprint density at radius 3 is 2.34 bits per heavy atom. The molecule has 218 valence electrons. The van der Waals surface area contributed by atoms with Gasteiger partial charge in [0.15, 0.2) is 5.13 Å². The molecular formula is C27H27F4N5O3S2. The summed E-state index contributed by atoms with van der Waals surface area (Å²) in [4.78, 5) is 22.5. The molecule has 1 fully saturated rings. The summed E-state index contributed by atoms with van der Waals surface area (Å²) < 4.78 is 81.3. The minimum atomic E-state index is -5.11.